The van der Waals surface area contributed by atoms with Gasteiger partial charge in [-0.1, -0.05) is 6.07 Å². The molecule has 3 N–H and O–H groups in total. The fraction of sp³-hybridized carbons (Fsp3) is 0.250. The molecule has 0 aliphatic carbocycles. The maximum absolute atomic E-state index is 12.4. The molecule has 0 saturated carbocycles. The van der Waals surface area contributed by atoms with E-state index in [2.05, 4.69) is 20.3 Å². The van der Waals surface area contributed by atoms with E-state index in [1.54, 1.807) is 24.4 Å². The van der Waals surface area contributed by atoms with E-state index in [0.29, 0.717) is 5.82 Å². The monoisotopic (exact) mass is 298 g/mol. The van der Waals surface area contributed by atoms with Gasteiger partial charge in [0.2, 0.25) is 0 Å². The normalized spacial score (nSPS) is 12.4. The number of halogens is 3. The van der Waals surface area contributed by atoms with Crippen LogP contribution in [0.15, 0.2) is 41.8 Å². The largest absolute Gasteiger partial charge is 0.406 e. The number of imidazole rings is 1. The Morgan fingerprint density at radius 1 is 1.29 bits per heavy atom. The summed E-state index contributed by atoms with van der Waals surface area (Å²) in [5.74, 6) is 0.728. The molecule has 0 aliphatic rings. The zero-order valence-electron chi connectivity index (χ0n) is 10.9. The first kappa shape index (κ1) is 14.8. The molecule has 0 atom stereocenters. The summed E-state index contributed by atoms with van der Waals surface area (Å²) in [6.07, 6.45) is -0.192. The van der Waals surface area contributed by atoms with Gasteiger partial charge in [-0.2, -0.15) is 13.2 Å². The fourth-order valence-corrected chi connectivity index (χ4v) is 1.59. The van der Waals surface area contributed by atoms with E-state index in [4.69, 9.17) is 5.73 Å². The van der Waals surface area contributed by atoms with E-state index < -0.39 is 12.7 Å². The zero-order valence-corrected chi connectivity index (χ0v) is 10.9. The number of nitrogens with zero attached hydrogens (tertiary/aromatic N) is 4. The molecule has 9 heteroatoms. The molecule has 2 heterocycles. The second kappa shape index (κ2) is 6.25. The van der Waals surface area contributed by atoms with Gasteiger partial charge in [0.05, 0.1) is 0 Å². The standard InChI is InChI=1S/C12H13F3N6/c13-12(14,15)8-21-6-5-18-10(21)7-19-11(16)20-9-3-1-2-4-17-9/h1-6H,7-8H2,(H3,16,17,19,20). The first-order chi connectivity index (χ1) is 9.94. The number of alkyl halides is 3. The maximum Gasteiger partial charge on any atom is 0.406 e. The van der Waals surface area contributed by atoms with Crippen molar-refractivity contribution < 1.29 is 13.2 Å². The molecule has 0 radical (unpaired) electrons. The van der Waals surface area contributed by atoms with E-state index in [9.17, 15) is 13.2 Å². The van der Waals surface area contributed by atoms with E-state index in [-0.39, 0.29) is 18.3 Å². The molecule has 2 aromatic rings. The Balaban J connectivity index is 1.99. The van der Waals surface area contributed by atoms with Gasteiger partial charge in [-0.15, -0.1) is 0 Å². The molecule has 2 rings (SSSR count). The van der Waals surface area contributed by atoms with E-state index in [1.165, 1.54) is 12.4 Å². The van der Waals surface area contributed by atoms with Gasteiger partial charge in [-0.3, -0.25) is 0 Å². The number of rotatable bonds is 4. The van der Waals surface area contributed by atoms with Gasteiger partial charge in [-0.05, 0) is 12.1 Å². The smallest absolute Gasteiger partial charge is 0.370 e. The third-order valence-electron chi connectivity index (χ3n) is 2.46. The second-order valence-electron chi connectivity index (χ2n) is 4.13. The lowest BCUT2D eigenvalue weighted by molar-refractivity contribution is -0.141. The Bertz CT molecular complexity index is 605. The van der Waals surface area contributed by atoms with Crippen LogP contribution in [0.3, 0.4) is 0 Å². The first-order valence-electron chi connectivity index (χ1n) is 5.99. The zero-order chi connectivity index (χ0) is 15.3. The predicted molar refractivity (Wildman–Crippen MR) is 71.5 cm³/mol. The van der Waals surface area contributed by atoms with Crippen molar-refractivity contribution in [3.8, 4) is 0 Å². The number of aliphatic imine (C=N–C) groups is 1. The number of guanidine groups is 1. The van der Waals surface area contributed by atoms with Gasteiger partial charge < -0.3 is 15.6 Å². The van der Waals surface area contributed by atoms with Crippen molar-refractivity contribution in [1.82, 2.24) is 14.5 Å². The number of pyridine rings is 1. The van der Waals surface area contributed by atoms with Crippen LogP contribution < -0.4 is 11.1 Å². The minimum absolute atomic E-state index is 0.0512. The summed E-state index contributed by atoms with van der Waals surface area (Å²) in [5, 5.41) is 2.73. The molecule has 0 saturated heterocycles. The molecule has 2 aromatic heterocycles. The van der Waals surface area contributed by atoms with Gasteiger partial charge in [0.15, 0.2) is 5.96 Å². The molecule has 0 fully saturated rings. The molecule has 112 valence electrons. The molecule has 0 aromatic carbocycles. The molecule has 0 aliphatic heterocycles. The van der Waals surface area contributed by atoms with E-state index >= 15 is 0 Å². The van der Waals surface area contributed by atoms with Crippen LogP contribution in [-0.2, 0) is 13.1 Å². The highest BCUT2D eigenvalue weighted by molar-refractivity contribution is 5.91. The summed E-state index contributed by atoms with van der Waals surface area (Å²) in [5.41, 5.74) is 5.64. The first-order valence-corrected chi connectivity index (χ1v) is 5.99. The molecule has 0 amide bonds. The summed E-state index contributed by atoms with van der Waals surface area (Å²) >= 11 is 0. The molecular formula is C12H13F3N6. The minimum atomic E-state index is -4.31. The summed E-state index contributed by atoms with van der Waals surface area (Å²) in [4.78, 5) is 11.8. The highest BCUT2D eigenvalue weighted by Gasteiger charge is 2.28. The van der Waals surface area contributed by atoms with Crippen molar-refractivity contribution in [3.63, 3.8) is 0 Å². The highest BCUT2D eigenvalue weighted by Crippen LogP contribution is 2.18. The van der Waals surface area contributed by atoms with Crippen molar-refractivity contribution in [2.75, 3.05) is 5.32 Å². The molecule has 0 unspecified atom stereocenters. The third kappa shape index (κ3) is 4.79. The van der Waals surface area contributed by atoms with Gasteiger partial charge in [-0.25, -0.2) is 15.0 Å². The lowest BCUT2D eigenvalue weighted by atomic mass is 10.5. The summed E-state index contributed by atoms with van der Waals surface area (Å²) in [7, 11) is 0. The Morgan fingerprint density at radius 3 is 2.76 bits per heavy atom. The van der Waals surface area contributed by atoms with Crippen LogP contribution in [0.5, 0.6) is 0 Å². The lowest BCUT2D eigenvalue weighted by Gasteiger charge is -2.09. The van der Waals surface area contributed by atoms with Crippen molar-refractivity contribution in [2.45, 2.75) is 19.3 Å². The van der Waals surface area contributed by atoms with Crippen molar-refractivity contribution >= 4 is 11.8 Å². The van der Waals surface area contributed by atoms with Crippen LogP contribution in [-0.4, -0.2) is 26.7 Å². The van der Waals surface area contributed by atoms with Crippen LogP contribution in [0.4, 0.5) is 19.0 Å². The van der Waals surface area contributed by atoms with Crippen LogP contribution in [0.2, 0.25) is 0 Å². The summed E-state index contributed by atoms with van der Waals surface area (Å²) in [6.45, 7) is -1.17. The van der Waals surface area contributed by atoms with Crippen molar-refractivity contribution in [2.24, 2.45) is 10.7 Å². The average Bonchev–Trinajstić information content (AvgIpc) is 2.82. The van der Waals surface area contributed by atoms with Crippen LogP contribution in [0.25, 0.3) is 0 Å². The Morgan fingerprint density at radius 2 is 2.10 bits per heavy atom. The van der Waals surface area contributed by atoms with Crippen LogP contribution in [0, 0.1) is 0 Å². The Kier molecular flexibility index (Phi) is 4.41. The molecule has 6 nitrogen and oxygen atoms in total. The minimum Gasteiger partial charge on any atom is -0.370 e. The molecule has 0 spiro atoms. The Hall–Kier alpha value is -2.58. The average molecular weight is 298 g/mol. The van der Waals surface area contributed by atoms with Gasteiger partial charge in [0.25, 0.3) is 0 Å². The second-order valence-corrected chi connectivity index (χ2v) is 4.13. The SMILES string of the molecule is NC(=NCc1nccn1CC(F)(F)F)Nc1ccccn1. The number of aromatic nitrogens is 3. The number of anilines is 1. The summed E-state index contributed by atoms with van der Waals surface area (Å²) < 4.78 is 38.1. The number of hydrogen-bond donors (Lipinski definition) is 2. The molecular weight excluding hydrogens is 285 g/mol. The number of nitrogens with two attached hydrogens (primary N) is 1. The van der Waals surface area contributed by atoms with Crippen LogP contribution >= 0.6 is 0 Å². The third-order valence-corrected chi connectivity index (χ3v) is 2.46. The lowest BCUT2D eigenvalue weighted by Crippen LogP contribution is -2.24. The number of hydrogen-bond acceptors (Lipinski definition) is 3. The van der Waals surface area contributed by atoms with Gasteiger partial charge >= 0.3 is 6.18 Å². The van der Waals surface area contributed by atoms with Crippen LogP contribution in [0.1, 0.15) is 5.82 Å². The maximum atomic E-state index is 12.4. The molecule has 0 bridgehead atoms. The fourth-order valence-electron chi connectivity index (χ4n) is 1.59. The summed E-state index contributed by atoms with van der Waals surface area (Å²) in [6, 6.07) is 5.19. The molecule has 21 heavy (non-hydrogen) atoms. The topological polar surface area (TPSA) is 81.1 Å². The van der Waals surface area contributed by atoms with Gasteiger partial charge in [0, 0.05) is 18.6 Å². The van der Waals surface area contributed by atoms with Gasteiger partial charge in [0.1, 0.15) is 24.7 Å². The van der Waals surface area contributed by atoms with E-state index in [1.807, 2.05) is 0 Å². The Labute approximate surface area is 118 Å². The number of nitrogens with one attached hydrogen (secondary N) is 1. The predicted octanol–water partition coefficient (Wildman–Crippen LogP) is 1.77. The van der Waals surface area contributed by atoms with E-state index in [0.717, 1.165) is 4.57 Å². The van der Waals surface area contributed by atoms with Crippen molar-refractivity contribution in [3.05, 3.63) is 42.6 Å². The highest BCUT2D eigenvalue weighted by atomic mass is 19.4. The van der Waals surface area contributed by atoms with Crippen molar-refractivity contribution in [1.29, 1.82) is 0 Å². The quantitative estimate of drug-likeness (QED) is 0.666.